The fourth-order valence-electron chi connectivity index (χ4n) is 3.47. The molecule has 0 radical (unpaired) electrons. The molecule has 0 saturated carbocycles. The number of nitrogens with zero attached hydrogens (tertiary/aromatic N) is 2. The van der Waals surface area contributed by atoms with Crippen molar-refractivity contribution in [1.82, 2.24) is 14.9 Å². The summed E-state index contributed by atoms with van der Waals surface area (Å²) in [7, 11) is 0. The smallest absolute Gasteiger partial charge is 0.270 e. The molecule has 4 nitrogen and oxygen atoms in total. The van der Waals surface area contributed by atoms with Crippen LogP contribution in [0.2, 0.25) is 0 Å². The number of amides is 1. The summed E-state index contributed by atoms with van der Waals surface area (Å²) in [6.07, 6.45) is 6.60. The first-order chi connectivity index (χ1) is 11.7. The van der Waals surface area contributed by atoms with E-state index in [4.69, 9.17) is 0 Å². The lowest BCUT2D eigenvalue weighted by Gasteiger charge is -2.35. The molecule has 4 rings (SSSR count). The van der Waals surface area contributed by atoms with Gasteiger partial charge in [0.15, 0.2) is 0 Å². The van der Waals surface area contributed by atoms with Gasteiger partial charge in [-0.05, 0) is 55.2 Å². The molecule has 0 spiro atoms. The van der Waals surface area contributed by atoms with E-state index in [1.165, 1.54) is 12.1 Å². The fourth-order valence-corrected chi connectivity index (χ4v) is 3.47. The van der Waals surface area contributed by atoms with Crippen LogP contribution in [0.15, 0.2) is 48.8 Å². The van der Waals surface area contributed by atoms with Crippen LogP contribution in [0.1, 0.15) is 41.4 Å². The molecule has 122 valence electrons. The van der Waals surface area contributed by atoms with E-state index in [0.717, 1.165) is 36.9 Å². The summed E-state index contributed by atoms with van der Waals surface area (Å²) < 4.78 is 13.4. The number of carbonyl (C=O) groups is 1. The molecular formula is C19H18FN3O. The molecule has 2 aromatic heterocycles. The molecule has 5 heteroatoms. The maximum atomic E-state index is 13.4. The number of aromatic amines is 1. The third kappa shape index (κ3) is 2.66. The van der Waals surface area contributed by atoms with Gasteiger partial charge >= 0.3 is 0 Å². The van der Waals surface area contributed by atoms with Gasteiger partial charge in [0.1, 0.15) is 11.5 Å². The van der Waals surface area contributed by atoms with Crippen LogP contribution in [0.4, 0.5) is 4.39 Å². The highest BCUT2D eigenvalue weighted by atomic mass is 19.1. The van der Waals surface area contributed by atoms with E-state index in [0.29, 0.717) is 11.1 Å². The molecule has 3 heterocycles. The molecule has 0 bridgehead atoms. The van der Waals surface area contributed by atoms with Gasteiger partial charge in [-0.3, -0.25) is 9.78 Å². The number of aromatic nitrogens is 2. The van der Waals surface area contributed by atoms with Gasteiger partial charge in [-0.15, -0.1) is 0 Å². The standard InChI is InChI=1S/C19H18FN3O/c20-15-6-7-16-14(10-15)11-17(22-16)19(24)23-9-2-1-5-18(23)13-4-3-8-21-12-13/h3-4,6-8,10-12,18,22H,1-2,5,9H2. The Labute approximate surface area is 139 Å². The van der Waals surface area contributed by atoms with E-state index in [1.807, 2.05) is 23.2 Å². The number of fused-ring (bicyclic) bond motifs is 1. The van der Waals surface area contributed by atoms with Gasteiger partial charge in [-0.1, -0.05) is 6.07 Å². The number of rotatable bonds is 2. The Balaban J connectivity index is 1.67. The summed E-state index contributed by atoms with van der Waals surface area (Å²) in [4.78, 5) is 22.2. The van der Waals surface area contributed by atoms with Crippen molar-refractivity contribution < 1.29 is 9.18 Å². The average molecular weight is 323 g/mol. The molecule has 1 amide bonds. The number of H-pyrrole nitrogens is 1. The molecule has 1 N–H and O–H groups in total. The quantitative estimate of drug-likeness (QED) is 0.773. The molecule has 3 aromatic rings. The fraction of sp³-hybridized carbons (Fsp3) is 0.263. The second-order valence-electron chi connectivity index (χ2n) is 6.21. The lowest BCUT2D eigenvalue weighted by atomic mass is 9.96. The zero-order valence-corrected chi connectivity index (χ0v) is 13.2. The molecular weight excluding hydrogens is 305 g/mol. The van der Waals surface area contributed by atoms with E-state index in [9.17, 15) is 9.18 Å². The molecule has 1 atom stereocenters. The molecule has 1 aromatic carbocycles. The number of piperidine rings is 1. The molecule has 1 fully saturated rings. The van der Waals surface area contributed by atoms with Crippen LogP contribution < -0.4 is 0 Å². The van der Waals surface area contributed by atoms with E-state index in [2.05, 4.69) is 9.97 Å². The second kappa shape index (κ2) is 6.07. The van der Waals surface area contributed by atoms with Crippen molar-refractivity contribution in [3.05, 3.63) is 65.9 Å². The SMILES string of the molecule is O=C(c1cc2cc(F)ccc2[nH]1)N1CCCCC1c1cccnc1. The Kier molecular flexibility index (Phi) is 3.76. The van der Waals surface area contributed by atoms with Gasteiger partial charge in [-0.2, -0.15) is 0 Å². The second-order valence-corrected chi connectivity index (χ2v) is 6.21. The van der Waals surface area contributed by atoms with E-state index < -0.39 is 0 Å². The highest BCUT2D eigenvalue weighted by molar-refractivity contribution is 5.98. The van der Waals surface area contributed by atoms with E-state index in [-0.39, 0.29) is 17.8 Å². The third-order valence-electron chi connectivity index (χ3n) is 4.65. The summed E-state index contributed by atoms with van der Waals surface area (Å²) in [5.74, 6) is -0.341. The van der Waals surface area contributed by atoms with E-state index >= 15 is 0 Å². The maximum absolute atomic E-state index is 13.4. The van der Waals surface area contributed by atoms with Crippen LogP contribution in [0, 0.1) is 5.82 Å². The number of benzene rings is 1. The number of likely N-dealkylation sites (tertiary alicyclic amines) is 1. The van der Waals surface area contributed by atoms with E-state index in [1.54, 1.807) is 18.3 Å². The van der Waals surface area contributed by atoms with Crippen LogP contribution in [-0.2, 0) is 0 Å². The van der Waals surface area contributed by atoms with Crippen molar-refractivity contribution in [2.24, 2.45) is 0 Å². The Bertz CT molecular complexity index is 875. The first-order valence-electron chi connectivity index (χ1n) is 8.21. The van der Waals surface area contributed by atoms with Crippen molar-refractivity contribution in [3.63, 3.8) is 0 Å². The summed E-state index contributed by atoms with van der Waals surface area (Å²) in [6.45, 7) is 0.724. The van der Waals surface area contributed by atoms with Gasteiger partial charge in [0.25, 0.3) is 5.91 Å². The minimum Gasteiger partial charge on any atom is -0.351 e. The van der Waals surface area contributed by atoms with Crippen molar-refractivity contribution in [3.8, 4) is 0 Å². The predicted octanol–water partition coefficient (Wildman–Crippen LogP) is 4.07. The number of hydrogen-bond acceptors (Lipinski definition) is 2. The number of halogens is 1. The average Bonchev–Trinajstić information content (AvgIpc) is 3.05. The monoisotopic (exact) mass is 323 g/mol. The van der Waals surface area contributed by atoms with Crippen LogP contribution >= 0.6 is 0 Å². The van der Waals surface area contributed by atoms with Gasteiger partial charge in [0.2, 0.25) is 0 Å². The molecule has 1 unspecified atom stereocenters. The van der Waals surface area contributed by atoms with Crippen LogP contribution in [0.3, 0.4) is 0 Å². The minimum atomic E-state index is -0.299. The lowest BCUT2D eigenvalue weighted by Crippen LogP contribution is -2.38. The normalized spacial score (nSPS) is 18.0. The molecule has 1 aliphatic heterocycles. The topological polar surface area (TPSA) is 49.0 Å². The summed E-state index contributed by atoms with van der Waals surface area (Å²) >= 11 is 0. The maximum Gasteiger partial charge on any atom is 0.270 e. The molecule has 0 aliphatic carbocycles. The Morgan fingerprint density at radius 3 is 3.00 bits per heavy atom. The summed E-state index contributed by atoms with van der Waals surface area (Å²) in [5, 5.41) is 0.716. The Morgan fingerprint density at radius 2 is 2.17 bits per heavy atom. The highest BCUT2D eigenvalue weighted by Crippen LogP contribution is 2.32. The van der Waals surface area contributed by atoms with Crippen molar-refractivity contribution >= 4 is 16.8 Å². The highest BCUT2D eigenvalue weighted by Gasteiger charge is 2.29. The molecule has 24 heavy (non-hydrogen) atoms. The largest absolute Gasteiger partial charge is 0.351 e. The van der Waals surface area contributed by atoms with Crippen LogP contribution in [0.5, 0.6) is 0 Å². The van der Waals surface area contributed by atoms with Gasteiger partial charge < -0.3 is 9.88 Å². The first kappa shape index (κ1) is 14.9. The third-order valence-corrected chi connectivity index (χ3v) is 4.65. The number of pyridine rings is 1. The van der Waals surface area contributed by atoms with Crippen molar-refractivity contribution in [1.29, 1.82) is 0 Å². The number of hydrogen-bond donors (Lipinski definition) is 1. The molecule has 1 aliphatic rings. The lowest BCUT2D eigenvalue weighted by molar-refractivity contribution is 0.0606. The van der Waals surface area contributed by atoms with Crippen LogP contribution in [0.25, 0.3) is 10.9 Å². The summed E-state index contributed by atoms with van der Waals surface area (Å²) in [6, 6.07) is 10.2. The summed E-state index contributed by atoms with van der Waals surface area (Å²) in [5.41, 5.74) is 2.34. The zero-order chi connectivity index (χ0) is 16.5. The zero-order valence-electron chi connectivity index (χ0n) is 13.2. The Hall–Kier alpha value is -2.69. The van der Waals surface area contributed by atoms with Crippen molar-refractivity contribution in [2.45, 2.75) is 25.3 Å². The van der Waals surface area contributed by atoms with Crippen molar-refractivity contribution in [2.75, 3.05) is 6.54 Å². The van der Waals surface area contributed by atoms with Gasteiger partial charge in [0.05, 0.1) is 6.04 Å². The first-order valence-corrected chi connectivity index (χ1v) is 8.21. The predicted molar refractivity (Wildman–Crippen MR) is 90.1 cm³/mol. The van der Waals surface area contributed by atoms with Crippen LogP contribution in [-0.4, -0.2) is 27.3 Å². The minimum absolute atomic E-state index is 0.0415. The number of nitrogens with one attached hydrogen (secondary N) is 1. The molecule has 1 saturated heterocycles. The Morgan fingerprint density at radius 1 is 1.25 bits per heavy atom. The number of carbonyl (C=O) groups excluding carboxylic acids is 1. The van der Waals surface area contributed by atoms with Gasteiger partial charge in [-0.25, -0.2) is 4.39 Å². The van der Waals surface area contributed by atoms with Gasteiger partial charge in [0, 0.05) is 29.8 Å².